The lowest BCUT2D eigenvalue weighted by atomic mass is 10.3. The first-order valence-electron chi connectivity index (χ1n) is 8.62. The Morgan fingerprint density at radius 2 is 0.700 bits per heavy atom. The number of aromatic nitrogens is 3. The van der Waals surface area contributed by atoms with Gasteiger partial charge in [0.25, 0.3) is 0 Å². The molecule has 4 rings (SSSR count). The molecule has 30 heavy (non-hydrogen) atoms. The van der Waals surface area contributed by atoms with Crippen molar-refractivity contribution in [2.75, 3.05) is 0 Å². The van der Waals surface area contributed by atoms with Crippen LogP contribution < -0.4 is 14.2 Å². The molecule has 0 aliphatic carbocycles. The highest BCUT2D eigenvalue weighted by atomic mass is 79.9. The molecular formula is C21H12Br3N3O3. The molecule has 0 fully saturated rings. The lowest BCUT2D eigenvalue weighted by Crippen LogP contribution is -2.02. The maximum atomic E-state index is 5.83. The fourth-order valence-corrected chi connectivity index (χ4v) is 3.43. The highest BCUT2D eigenvalue weighted by Gasteiger charge is 2.15. The first-order valence-corrected chi connectivity index (χ1v) is 11.0. The van der Waals surface area contributed by atoms with E-state index in [1.54, 1.807) is 18.2 Å². The highest BCUT2D eigenvalue weighted by Crippen LogP contribution is 2.33. The predicted octanol–water partition coefficient (Wildman–Crippen LogP) is 7.54. The summed E-state index contributed by atoms with van der Waals surface area (Å²) in [4.78, 5) is 12.8. The maximum absolute atomic E-state index is 5.83. The molecule has 0 bridgehead atoms. The van der Waals surface area contributed by atoms with Crippen LogP contribution in [0.2, 0.25) is 0 Å². The molecule has 1 heterocycles. The Balaban J connectivity index is 1.70. The molecule has 6 nitrogen and oxygen atoms in total. The third kappa shape index (κ3) is 5.16. The Morgan fingerprint density at radius 1 is 0.433 bits per heavy atom. The van der Waals surface area contributed by atoms with E-state index >= 15 is 0 Å². The van der Waals surface area contributed by atoms with Gasteiger partial charge < -0.3 is 14.2 Å². The van der Waals surface area contributed by atoms with Crippen LogP contribution in [0.3, 0.4) is 0 Å². The standard InChI is InChI=1S/C21H12Br3N3O3/c22-13-7-1-4-10-16(13)28-19-25-20(29-17-11-5-2-8-14(17)23)27-21(26-19)30-18-12-6-3-9-15(18)24/h1-12H. The number of nitrogens with zero attached hydrogens (tertiary/aromatic N) is 3. The van der Waals surface area contributed by atoms with Gasteiger partial charge >= 0.3 is 18.0 Å². The first-order chi connectivity index (χ1) is 14.6. The molecule has 0 aliphatic heterocycles. The van der Waals surface area contributed by atoms with Crippen LogP contribution in [-0.2, 0) is 0 Å². The van der Waals surface area contributed by atoms with Crippen molar-refractivity contribution >= 4 is 47.8 Å². The van der Waals surface area contributed by atoms with E-state index < -0.39 is 0 Å². The lowest BCUT2D eigenvalue weighted by Gasteiger charge is -2.11. The molecule has 0 unspecified atom stereocenters. The van der Waals surface area contributed by atoms with Crippen molar-refractivity contribution in [3.8, 4) is 35.3 Å². The van der Waals surface area contributed by atoms with Crippen molar-refractivity contribution < 1.29 is 14.2 Å². The molecular weight excluding hydrogens is 582 g/mol. The Hall–Kier alpha value is -2.49. The lowest BCUT2D eigenvalue weighted by molar-refractivity contribution is 0.360. The Morgan fingerprint density at radius 3 is 0.967 bits per heavy atom. The summed E-state index contributed by atoms with van der Waals surface area (Å²) >= 11 is 10.3. The largest absolute Gasteiger partial charge is 0.423 e. The fraction of sp³-hybridized carbons (Fsp3) is 0. The second kappa shape index (κ2) is 9.55. The average Bonchev–Trinajstić information content (AvgIpc) is 2.73. The van der Waals surface area contributed by atoms with Crippen LogP contribution in [0.1, 0.15) is 0 Å². The van der Waals surface area contributed by atoms with Gasteiger partial charge in [-0.25, -0.2) is 0 Å². The van der Waals surface area contributed by atoms with Gasteiger partial charge in [0, 0.05) is 0 Å². The molecule has 0 aliphatic rings. The molecule has 0 amide bonds. The van der Waals surface area contributed by atoms with Crippen LogP contribution in [0, 0.1) is 0 Å². The van der Waals surface area contributed by atoms with Crippen molar-refractivity contribution in [1.29, 1.82) is 0 Å². The van der Waals surface area contributed by atoms with Crippen molar-refractivity contribution in [3.05, 3.63) is 86.2 Å². The van der Waals surface area contributed by atoms with Gasteiger partial charge in [-0.1, -0.05) is 36.4 Å². The van der Waals surface area contributed by atoms with Crippen LogP contribution in [0.25, 0.3) is 0 Å². The van der Waals surface area contributed by atoms with Gasteiger partial charge in [0.2, 0.25) is 0 Å². The molecule has 0 saturated heterocycles. The minimum absolute atomic E-state index is 0.0287. The number of ether oxygens (including phenoxy) is 3. The summed E-state index contributed by atoms with van der Waals surface area (Å²) in [5, 5.41) is 0. The van der Waals surface area contributed by atoms with Crippen molar-refractivity contribution in [2.45, 2.75) is 0 Å². The number of hydrogen-bond acceptors (Lipinski definition) is 6. The molecule has 0 saturated carbocycles. The summed E-state index contributed by atoms with van der Waals surface area (Å²) in [7, 11) is 0. The zero-order valence-electron chi connectivity index (χ0n) is 15.1. The summed E-state index contributed by atoms with van der Waals surface area (Å²) < 4.78 is 19.8. The van der Waals surface area contributed by atoms with E-state index in [0.717, 1.165) is 13.4 Å². The van der Waals surface area contributed by atoms with Gasteiger partial charge in [0.15, 0.2) is 0 Å². The topological polar surface area (TPSA) is 66.4 Å². The summed E-state index contributed by atoms with van der Waals surface area (Å²) in [6.07, 6.45) is 0. The van der Waals surface area contributed by atoms with Gasteiger partial charge in [0.1, 0.15) is 17.2 Å². The smallest absolute Gasteiger partial charge is 0.331 e. The van der Waals surface area contributed by atoms with Gasteiger partial charge in [-0.3, -0.25) is 0 Å². The van der Waals surface area contributed by atoms with Crippen LogP contribution in [0.5, 0.6) is 35.3 Å². The van der Waals surface area contributed by atoms with Crippen LogP contribution in [-0.4, -0.2) is 15.0 Å². The maximum Gasteiger partial charge on any atom is 0.331 e. The molecule has 0 N–H and O–H groups in total. The minimum Gasteiger partial charge on any atom is -0.423 e. The summed E-state index contributed by atoms with van der Waals surface area (Å²) in [6.45, 7) is 0. The predicted molar refractivity (Wildman–Crippen MR) is 122 cm³/mol. The Bertz CT molecular complexity index is 1030. The minimum atomic E-state index is 0.0287. The van der Waals surface area contributed by atoms with Gasteiger partial charge in [-0.05, 0) is 84.2 Å². The average molecular weight is 594 g/mol. The van der Waals surface area contributed by atoms with E-state index in [9.17, 15) is 0 Å². The van der Waals surface area contributed by atoms with E-state index in [-0.39, 0.29) is 18.0 Å². The number of para-hydroxylation sites is 3. The second-order valence-corrected chi connectivity index (χ2v) is 8.34. The third-order valence-electron chi connectivity index (χ3n) is 3.69. The van der Waals surface area contributed by atoms with Crippen molar-refractivity contribution in [3.63, 3.8) is 0 Å². The normalized spacial score (nSPS) is 10.5. The SMILES string of the molecule is Brc1ccccc1Oc1nc(Oc2ccccc2Br)nc(Oc2ccccc2Br)n1. The van der Waals surface area contributed by atoms with Crippen LogP contribution in [0.15, 0.2) is 86.2 Å². The summed E-state index contributed by atoms with van der Waals surface area (Å²) in [5.74, 6) is 1.63. The van der Waals surface area contributed by atoms with E-state index in [1.807, 2.05) is 54.6 Å². The van der Waals surface area contributed by atoms with E-state index in [0.29, 0.717) is 17.2 Å². The molecule has 150 valence electrons. The van der Waals surface area contributed by atoms with Crippen molar-refractivity contribution in [1.82, 2.24) is 15.0 Å². The molecule has 3 aromatic carbocycles. The molecule has 1 aromatic heterocycles. The summed E-state index contributed by atoms with van der Waals surface area (Å²) in [5.41, 5.74) is 0. The molecule has 0 atom stereocenters. The third-order valence-corrected chi connectivity index (χ3v) is 5.65. The monoisotopic (exact) mass is 591 g/mol. The van der Waals surface area contributed by atoms with Crippen LogP contribution >= 0.6 is 47.8 Å². The number of benzene rings is 3. The Labute approximate surface area is 197 Å². The van der Waals surface area contributed by atoms with Gasteiger partial charge in [-0.2, -0.15) is 0 Å². The van der Waals surface area contributed by atoms with Gasteiger partial charge in [-0.15, -0.1) is 15.0 Å². The summed E-state index contributed by atoms with van der Waals surface area (Å²) in [6, 6.07) is 22.2. The molecule has 0 spiro atoms. The molecule has 0 radical (unpaired) electrons. The fourth-order valence-electron chi connectivity index (χ4n) is 2.33. The number of rotatable bonds is 6. The van der Waals surface area contributed by atoms with Crippen LogP contribution in [0.4, 0.5) is 0 Å². The number of halogens is 3. The molecule has 4 aromatic rings. The quantitative estimate of drug-likeness (QED) is 0.230. The Kier molecular flexibility index (Phi) is 6.61. The van der Waals surface area contributed by atoms with E-state index in [1.165, 1.54) is 0 Å². The highest BCUT2D eigenvalue weighted by molar-refractivity contribution is 9.11. The van der Waals surface area contributed by atoms with E-state index in [4.69, 9.17) is 14.2 Å². The number of hydrogen-bond donors (Lipinski definition) is 0. The zero-order valence-corrected chi connectivity index (χ0v) is 19.9. The van der Waals surface area contributed by atoms with Crippen molar-refractivity contribution in [2.24, 2.45) is 0 Å². The van der Waals surface area contributed by atoms with Gasteiger partial charge in [0.05, 0.1) is 13.4 Å². The zero-order chi connectivity index (χ0) is 20.9. The first kappa shape index (κ1) is 20.8. The molecule has 9 heteroatoms. The van der Waals surface area contributed by atoms with E-state index in [2.05, 4.69) is 62.7 Å². The second-order valence-electron chi connectivity index (χ2n) is 5.78.